The Morgan fingerprint density at radius 2 is 0.778 bits per heavy atom. The number of nitrogens with two attached hydrogens (primary N) is 1. The third-order valence-corrected chi connectivity index (χ3v) is 12.8. The minimum absolute atomic E-state index is 0.0547. The Hall–Kier alpha value is -1.51. The number of phosphoric ester groups is 1. The van der Waals surface area contributed by atoms with Crippen molar-refractivity contribution in [3.05, 3.63) is 24.3 Å². The van der Waals surface area contributed by atoms with E-state index in [1.165, 1.54) is 199 Å². The summed E-state index contributed by atoms with van der Waals surface area (Å²) in [6.07, 6.45) is 56.5. The lowest BCUT2D eigenvalue weighted by molar-refractivity contribution is -0.161. The van der Waals surface area contributed by atoms with Crippen molar-refractivity contribution in [2.75, 3.05) is 26.4 Å². The van der Waals surface area contributed by atoms with Gasteiger partial charge in [-0.25, -0.2) is 4.57 Å². The molecular weight excluding hydrogens is 810 g/mol. The summed E-state index contributed by atoms with van der Waals surface area (Å²) >= 11 is 0. The van der Waals surface area contributed by atoms with Crippen LogP contribution in [0.3, 0.4) is 0 Å². The van der Waals surface area contributed by atoms with Gasteiger partial charge in [0.15, 0.2) is 6.10 Å². The molecule has 63 heavy (non-hydrogen) atoms. The summed E-state index contributed by atoms with van der Waals surface area (Å²) in [6, 6.07) is 0. The summed E-state index contributed by atoms with van der Waals surface area (Å²) in [7, 11) is -4.38. The van der Waals surface area contributed by atoms with Crippen LogP contribution in [0.2, 0.25) is 0 Å². The summed E-state index contributed by atoms with van der Waals surface area (Å²) in [5.74, 6) is -0.819. The number of carbonyl (C=O) groups excluding carboxylic acids is 2. The molecule has 0 aliphatic rings. The number of unbranched alkanes of at least 4 members (excludes halogenated alkanes) is 34. The number of allylic oxidation sites excluding steroid dienone is 4. The van der Waals surface area contributed by atoms with Gasteiger partial charge in [-0.15, -0.1) is 0 Å². The molecule has 10 heteroatoms. The SMILES string of the molecule is CCCCCCCC/C=C\CCCCCCCCCCCC(=O)OCC(COP(=O)(O)OCCN)OC(=O)CCCCCCCCCCCCC/C=C\CCCCCCCCCC. The molecule has 0 saturated carbocycles. The van der Waals surface area contributed by atoms with Crippen LogP contribution in [-0.4, -0.2) is 49.3 Å². The number of rotatable bonds is 51. The molecule has 372 valence electrons. The third-order valence-electron chi connectivity index (χ3n) is 11.8. The molecule has 0 aromatic rings. The first-order chi connectivity index (χ1) is 30.8. The molecule has 0 aliphatic carbocycles. The van der Waals surface area contributed by atoms with E-state index in [1.54, 1.807) is 0 Å². The van der Waals surface area contributed by atoms with Gasteiger partial charge in [0.05, 0.1) is 13.2 Å². The summed E-state index contributed by atoms with van der Waals surface area (Å²) in [5.41, 5.74) is 5.37. The topological polar surface area (TPSA) is 134 Å². The maximum atomic E-state index is 12.7. The van der Waals surface area contributed by atoms with Crippen molar-refractivity contribution in [2.45, 2.75) is 277 Å². The molecule has 2 unspecified atom stereocenters. The van der Waals surface area contributed by atoms with E-state index in [9.17, 15) is 19.0 Å². The van der Waals surface area contributed by atoms with Crippen molar-refractivity contribution in [3.63, 3.8) is 0 Å². The number of phosphoric acid groups is 1. The van der Waals surface area contributed by atoms with Gasteiger partial charge in [-0.1, -0.05) is 218 Å². The van der Waals surface area contributed by atoms with Crippen LogP contribution in [0.1, 0.15) is 271 Å². The molecule has 3 N–H and O–H groups in total. The Kier molecular flexibility index (Phi) is 48.7. The van der Waals surface area contributed by atoms with Crippen LogP contribution in [0.5, 0.6) is 0 Å². The predicted molar refractivity (Wildman–Crippen MR) is 266 cm³/mol. The molecule has 0 aromatic carbocycles. The second-order valence-electron chi connectivity index (χ2n) is 18.1. The normalized spacial score (nSPS) is 13.3. The van der Waals surface area contributed by atoms with Gasteiger partial charge in [-0.05, 0) is 64.2 Å². The molecule has 0 heterocycles. The first-order valence-corrected chi connectivity index (χ1v) is 28.3. The monoisotopic (exact) mass is 912 g/mol. The number of hydrogen-bond donors (Lipinski definition) is 2. The van der Waals surface area contributed by atoms with E-state index in [-0.39, 0.29) is 38.6 Å². The summed E-state index contributed by atoms with van der Waals surface area (Å²) in [5, 5.41) is 0. The number of ether oxygens (including phenoxy) is 2. The van der Waals surface area contributed by atoms with Gasteiger partial charge in [-0.3, -0.25) is 18.6 Å². The first-order valence-electron chi connectivity index (χ1n) is 26.8. The van der Waals surface area contributed by atoms with Crippen molar-refractivity contribution in [1.29, 1.82) is 0 Å². The van der Waals surface area contributed by atoms with Crippen LogP contribution < -0.4 is 5.73 Å². The fourth-order valence-corrected chi connectivity index (χ4v) is 8.57. The smallest absolute Gasteiger partial charge is 0.462 e. The zero-order valence-electron chi connectivity index (χ0n) is 41.3. The van der Waals surface area contributed by atoms with Gasteiger partial charge < -0.3 is 20.1 Å². The molecule has 0 aromatic heterocycles. The fourth-order valence-electron chi connectivity index (χ4n) is 7.80. The summed E-state index contributed by atoms with van der Waals surface area (Å²) in [4.78, 5) is 35.1. The quantitative estimate of drug-likeness (QED) is 0.0265. The lowest BCUT2D eigenvalue weighted by Gasteiger charge is -2.19. The average molecular weight is 912 g/mol. The van der Waals surface area contributed by atoms with Crippen molar-refractivity contribution in [3.8, 4) is 0 Å². The second kappa shape index (κ2) is 49.9. The zero-order valence-corrected chi connectivity index (χ0v) is 42.2. The summed E-state index contributed by atoms with van der Waals surface area (Å²) in [6.45, 7) is 3.78. The highest BCUT2D eigenvalue weighted by molar-refractivity contribution is 7.47. The largest absolute Gasteiger partial charge is 0.472 e. The van der Waals surface area contributed by atoms with Crippen molar-refractivity contribution < 1.29 is 37.6 Å². The standard InChI is InChI=1S/C53H102NO8P/c1-3-5-7-9-11-13-15-17-19-21-23-24-25-26-28-30-32-34-36-38-40-42-44-46-53(56)62-51(50-61-63(57,58)60-48-47-54)49-59-52(55)45-43-41-39-37-35-33-31-29-27-22-20-18-16-14-12-10-8-6-4-2/h18,20-21,23,51H,3-17,19,22,24-50,54H2,1-2H3,(H,57,58)/b20-18-,23-21-. The number of esters is 2. The molecule has 0 rings (SSSR count). The van der Waals surface area contributed by atoms with Gasteiger partial charge in [0.25, 0.3) is 0 Å². The van der Waals surface area contributed by atoms with Crippen LogP contribution in [0.25, 0.3) is 0 Å². The highest BCUT2D eigenvalue weighted by Crippen LogP contribution is 2.43. The van der Waals surface area contributed by atoms with Crippen molar-refractivity contribution in [1.82, 2.24) is 0 Å². The zero-order chi connectivity index (χ0) is 46.0. The molecule has 0 amide bonds. The van der Waals surface area contributed by atoms with Crippen molar-refractivity contribution in [2.24, 2.45) is 5.73 Å². The lowest BCUT2D eigenvalue weighted by Crippen LogP contribution is -2.29. The van der Waals surface area contributed by atoms with Crippen LogP contribution in [-0.2, 0) is 32.7 Å². The Morgan fingerprint density at radius 1 is 0.460 bits per heavy atom. The van der Waals surface area contributed by atoms with Gasteiger partial charge in [-0.2, -0.15) is 0 Å². The van der Waals surface area contributed by atoms with E-state index in [0.29, 0.717) is 6.42 Å². The molecule has 0 fully saturated rings. The summed E-state index contributed by atoms with van der Waals surface area (Å²) < 4.78 is 33.0. The number of carbonyl (C=O) groups is 2. The molecule has 9 nitrogen and oxygen atoms in total. The van der Waals surface area contributed by atoms with Gasteiger partial charge in [0.2, 0.25) is 0 Å². The van der Waals surface area contributed by atoms with E-state index in [2.05, 4.69) is 38.2 Å². The minimum atomic E-state index is -4.38. The highest BCUT2D eigenvalue weighted by Gasteiger charge is 2.26. The maximum Gasteiger partial charge on any atom is 0.472 e. The predicted octanol–water partition coefficient (Wildman–Crippen LogP) is 16.3. The van der Waals surface area contributed by atoms with Gasteiger partial charge in [0.1, 0.15) is 6.61 Å². The molecule has 0 radical (unpaired) electrons. The Labute approximate surface area is 389 Å². The first kappa shape index (κ1) is 61.5. The van der Waals surface area contributed by atoms with Crippen LogP contribution in [0.4, 0.5) is 0 Å². The number of hydrogen-bond acceptors (Lipinski definition) is 8. The van der Waals surface area contributed by atoms with Gasteiger partial charge >= 0.3 is 19.8 Å². The van der Waals surface area contributed by atoms with Gasteiger partial charge in [0, 0.05) is 19.4 Å². The Bertz CT molecular complexity index is 1090. The molecular formula is C53H102NO8P. The van der Waals surface area contributed by atoms with E-state index in [0.717, 1.165) is 38.5 Å². The Morgan fingerprint density at radius 3 is 1.13 bits per heavy atom. The Balaban J connectivity index is 4.00. The third kappa shape index (κ3) is 49.8. The molecule has 0 saturated heterocycles. The molecule has 0 bridgehead atoms. The van der Waals surface area contributed by atoms with E-state index >= 15 is 0 Å². The molecule has 0 spiro atoms. The van der Waals surface area contributed by atoms with Crippen LogP contribution in [0, 0.1) is 0 Å². The van der Waals surface area contributed by atoms with Crippen molar-refractivity contribution >= 4 is 19.8 Å². The fraction of sp³-hybridized carbons (Fsp3) is 0.887. The van der Waals surface area contributed by atoms with E-state index in [1.807, 2.05) is 0 Å². The van der Waals surface area contributed by atoms with E-state index < -0.39 is 26.5 Å². The van der Waals surface area contributed by atoms with Crippen LogP contribution in [0.15, 0.2) is 24.3 Å². The van der Waals surface area contributed by atoms with Crippen LogP contribution >= 0.6 is 7.82 Å². The second-order valence-corrected chi connectivity index (χ2v) is 19.5. The molecule has 2 atom stereocenters. The maximum absolute atomic E-state index is 12.7. The van der Waals surface area contributed by atoms with E-state index in [4.69, 9.17) is 24.3 Å². The molecule has 0 aliphatic heterocycles. The lowest BCUT2D eigenvalue weighted by atomic mass is 10.0. The highest BCUT2D eigenvalue weighted by atomic mass is 31.2. The minimum Gasteiger partial charge on any atom is -0.462 e. The average Bonchev–Trinajstić information content (AvgIpc) is 3.27.